The van der Waals surface area contributed by atoms with Crippen molar-refractivity contribution in [1.82, 2.24) is 30.4 Å². The van der Waals surface area contributed by atoms with Gasteiger partial charge in [0.1, 0.15) is 23.8 Å². The number of nitrogens with one attached hydrogen (secondary N) is 2. The fourth-order valence-corrected chi connectivity index (χ4v) is 8.28. The van der Waals surface area contributed by atoms with Gasteiger partial charge in [-0.3, -0.25) is 19.2 Å². The van der Waals surface area contributed by atoms with Crippen LogP contribution in [0, 0.1) is 25.5 Å². The first-order chi connectivity index (χ1) is 34.6. The molecule has 6 aromatic rings. The van der Waals surface area contributed by atoms with E-state index >= 15 is 0 Å². The Morgan fingerprint density at radius 3 is 1.40 bits per heavy atom. The van der Waals surface area contributed by atoms with Crippen molar-refractivity contribution in [3.8, 4) is 11.8 Å². The fourth-order valence-electron chi connectivity index (χ4n) is 8.28. The number of aryl methyl sites for hydroxylation is 2. The molecule has 0 saturated carbocycles. The normalized spacial score (nSPS) is 15.0. The molecule has 4 aromatic carbocycles. The highest BCUT2D eigenvalue weighted by Gasteiger charge is 2.32. The van der Waals surface area contributed by atoms with E-state index in [1.165, 1.54) is 24.3 Å². The number of amides is 4. The highest BCUT2D eigenvalue weighted by molar-refractivity contribution is 6.08. The highest BCUT2D eigenvalue weighted by Crippen LogP contribution is 2.24. The van der Waals surface area contributed by atoms with Crippen LogP contribution in [-0.2, 0) is 12.8 Å². The van der Waals surface area contributed by atoms with E-state index in [1.807, 2.05) is 113 Å². The zero-order chi connectivity index (χ0) is 51.3. The molecule has 0 bridgehead atoms. The van der Waals surface area contributed by atoms with Crippen LogP contribution in [-0.4, -0.2) is 123 Å². The minimum atomic E-state index is -0.566. The van der Waals surface area contributed by atoms with Crippen LogP contribution in [0.1, 0.15) is 76.5 Å². The van der Waals surface area contributed by atoms with Crippen molar-refractivity contribution in [3.05, 3.63) is 178 Å². The molecule has 0 spiro atoms. The first-order valence-corrected chi connectivity index (χ1v) is 24.1. The molecular weight excluding hydrogens is 919 g/mol. The molecule has 2 fully saturated rings. The summed E-state index contributed by atoms with van der Waals surface area (Å²) in [6.45, 7) is 6.31. The van der Waals surface area contributed by atoms with Gasteiger partial charge in [0, 0.05) is 103 Å². The molecule has 2 aromatic heterocycles. The predicted molar refractivity (Wildman–Crippen MR) is 274 cm³/mol. The van der Waals surface area contributed by atoms with Crippen LogP contribution in [0.5, 0.6) is 11.8 Å². The summed E-state index contributed by atoms with van der Waals surface area (Å²) in [6, 6.07) is 31.0. The molecule has 14 nitrogen and oxygen atoms in total. The van der Waals surface area contributed by atoms with Crippen LogP contribution in [0.3, 0.4) is 0 Å². The fraction of sp³-hybridized carbons (Fsp3) is 0.321. The van der Waals surface area contributed by atoms with Crippen molar-refractivity contribution >= 4 is 35.0 Å². The maximum Gasteiger partial charge on any atom is 0.254 e. The van der Waals surface area contributed by atoms with Crippen LogP contribution in [0.15, 0.2) is 122 Å². The van der Waals surface area contributed by atoms with E-state index < -0.39 is 23.4 Å². The number of nitrogens with zero attached hydrogens (tertiary/aromatic N) is 6. The van der Waals surface area contributed by atoms with Crippen molar-refractivity contribution in [2.24, 2.45) is 0 Å². The summed E-state index contributed by atoms with van der Waals surface area (Å²) in [4.78, 5) is 68.1. The number of aromatic nitrogens is 2. The number of carbonyl (C=O) groups is 4. The summed E-state index contributed by atoms with van der Waals surface area (Å²) in [5.74, 6) is -1.70. The largest absolute Gasteiger partial charge is 0.472 e. The molecule has 2 saturated heterocycles. The minimum Gasteiger partial charge on any atom is -0.472 e. The Hall–Kier alpha value is -7.88. The lowest BCUT2D eigenvalue weighted by Crippen LogP contribution is -2.34. The van der Waals surface area contributed by atoms with Gasteiger partial charge in [-0.15, -0.1) is 0 Å². The molecule has 4 amide bonds. The van der Waals surface area contributed by atoms with Gasteiger partial charge in [0.25, 0.3) is 23.6 Å². The maximum atomic E-state index is 14.1. The van der Waals surface area contributed by atoms with Gasteiger partial charge in [0.05, 0.1) is 35.3 Å². The number of benzene rings is 4. The topological polar surface area (TPSA) is 150 Å². The molecule has 4 heterocycles. The van der Waals surface area contributed by atoms with Gasteiger partial charge in [-0.05, 0) is 110 Å². The third-order valence-corrected chi connectivity index (χ3v) is 12.4. The average molecular weight is 981 g/mol. The summed E-state index contributed by atoms with van der Waals surface area (Å²) >= 11 is 0. The van der Waals surface area contributed by atoms with E-state index in [9.17, 15) is 28.0 Å². The number of hydrogen-bond acceptors (Lipinski definition) is 10. The number of rotatable bonds is 16. The maximum absolute atomic E-state index is 14.1. The van der Waals surface area contributed by atoms with Crippen molar-refractivity contribution in [2.75, 3.05) is 77.3 Å². The van der Waals surface area contributed by atoms with E-state index in [4.69, 9.17) is 9.47 Å². The summed E-state index contributed by atoms with van der Waals surface area (Å²) in [7, 11) is 7.91. The van der Waals surface area contributed by atoms with Gasteiger partial charge in [-0.25, -0.2) is 18.7 Å². The Bertz CT molecular complexity index is 2810. The van der Waals surface area contributed by atoms with Crippen molar-refractivity contribution in [3.63, 3.8) is 0 Å². The lowest BCUT2D eigenvalue weighted by Gasteiger charge is -2.19. The van der Waals surface area contributed by atoms with E-state index in [-0.39, 0.29) is 46.3 Å². The molecule has 0 aliphatic carbocycles. The quantitative estimate of drug-likeness (QED) is 0.0988. The molecule has 72 heavy (non-hydrogen) atoms. The Labute approximate surface area is 420 Å². The number of carbonyl (C=O) groups excluding carboxylic acids is 4. The number of ether oxygens (including phenoxy) is 2. The summed E-state index contributed by atoms with van der Waals surface area (Å²) < 4.78 is 39.9. The molecule has 16 heteroatoms. The number of anilines is 2. The van der Waals surface area contributed by atoms with Crippen LogP contribution >= 0.6 is 0 Å². The van der Waals surface area contributed by atoms with Gasteiger partial charge in [-0.2, -0.15) is 0 Å². The second-order valence-corrected chi connectivity index (χ2v) is 18.4. The van der Waals surface area contributed by atoms with E-state index in [0.717, 1.165) is 45.8 Å². The van der Waals surface area contributed by atoms with Gasteiger partial charge in [0.2, 0.25) is 11.8 Å². The molecule has 2 N–H and O–H groups in total. The van der Waals surface area contributed by atoms with E-state index in [1.54, 1.807) is 34.3 Å². The van der Waals surface area contributed by atoms with Crippen LogP contribution in [0.25, 0.3) is 0 Å². The monoisotopic (exact) mass is 980 g/mol. The Morgan fingerprint density at radius 2 is 0.972 bits per heavy atom. The number of halogens is 2. The Balaban J connectivity index is 0.000000211. The predicted octanol–water partition coefficient (Wildman–Crippen LogP) is 7.72. The lowest BCUT2D eigenvalue weighted by molar-refractivity contribution is 0.0760. The third kappa shape index (κ3) is 14.1. The summed E-state index contributed by atoms with van der Waals surface area (Å²) in [6.07, 6.45) is 5.59. The number of pyridine rings is 2. The Kier molecular flexibility index (Phi) is 17.5. The molecule has 2 aliphatic rings. The highest BCUT2D eigenvalue weighted by atomic mass is 19.1. The zero-order valence-electron chi connectivity index (χ0n) is 41.7. The number of likely N-dealkylation sites (tertiary alicyclic amines) is 2. The van der Waals surface area contributed by atoms with Gasteiger partial charge in [-0.1, -0.05) is 36.4 Å². The van der Waals surface area contributed by atoms with Crippen molar-refractivity contribution in [2.45, 2.75) is 51.7 Å². The van der Waals surface area contributed by atoms with Gasteiger partial charge < -0.3 is 39.7 Å². The third-order valence-electron chi connectivity index (χ3n) is 12.4. The summed E-state index contributed by atoms with van der Waals surface area (Å²) in [5.41, 5.74) is 6.85. The molecule has 2 atom stereocenters. The molecule has 376 valence electrons. The number of hydrogen-bond donors (Lipinski definition) is 2. The first-order valence-electron chi connectivity index (χ1n) is 24.1. The molecule has 2 aliphatic heterocycles. The first kappa shape index (κ1) is 52.0. The second kappa shape index (κ2) is 24.3. The van der Waals surface area contributed by atoms with E-state index in [0.29, 0.717) is 76.7 Å². The van der Waals surface area contributed by atoms with Crippen molar-refractivity contribution in [1.29, 1.82) is 0 Å². The second-order valence-electron chi connectivity index (χ2n) is 18.4. The van der Waals surface area contributed by atoms with Crippen LogP contribution in [0.2, 0.25) is 0 Å². The minimum absolute atomic E-state index is 0.0347. The molecular formula is C56H62F2N8O6. The van der Waals surface area contributed by atoms with E-state index in [2.05, 4.69) is 20.6 Å². The lowest BCUT2D eigenvalue weighted by atomic mass is 10.0. The molecule has 0 unspecified atom stereocenters. The standard InChI is InChI=1S/2C28H31FN4O3/c1-19-4-11-26(31-17-19)36-23-13-15-33(18-23)28(35)24-10-7-21(29)16-25(24)27(34)30-14-12-20-5-8-22(9-6-20)32(2)3;1-19-4-11-26(31-17-19)36-23-13-15-33(18-23)28(35)25-16-21(29)7-10-24(25)27(34)30-14-12-20-5-8-22(9-6-20)32(2)3/h2*4-11,16-17,23H,12-15,18H2,1-3H3,(H,30,34)/t2*23-/m11/s1. The van der Waals surface area contributed by atoms with Crippen molar-refractivity contribution < 1.29 is 37.4 Å². The zero-order valence-corrected chi connectivity index (χ0v) is 41.7. The van der Waals surface area contributed by atoms with Gasteiger partial charge in [0.15, 0.2) is 0 Å². The smallest absolute Gasteiger partial charge is 0.254 e. The van der Waals surface area contributed by atoms with Crippen LogP contribution < -0.4 is 29.9 Å². The van der Waals surface area contributed by atoms with Gasteiger partial charge >= 0.3 is 0 Å². The molecule has 0 radical (unpaired) electrons. The van der Waals surface area contributed by atoms with Crippen LogP contribution in [0.4, 0.5) is 20.2 Å². The molecule has 8 rings (SSSR count). The average Bonchev–Trinajstić information content (AvgIpc) is 4.05. The summed E-state index contributed by atoms with van der Waals surface area (Å²) in [5, 5.41) is 5.68. The SMILES string of the molecule is Cc1ccc(O[C@@H]2CCN(C(=O)c3cc(F)ccc3C(=O)NCCc3ccc(N(C)C)cc3)C2)nc1.Cc1ccc(O[C@@H]2CCN(C(=O)c3ccc(F)cc3C(=O)NCCc3ccc(N(C)C)cc3)C2)nc1. The Morgan fingerprint density at radius 1 is 0.556 bits per heavy atom.